The molecule has 1 aliphatic heterocycles. The van der Waals surface area contributed by atoms with Crippen molar-refractivity contribution in [3.63, 3.8) is 0 Å². The zero-order valence-electron chi connectivity index (χ0n) is 12.2. The number of thioether (sulfide) groups is 1. The molecule has 0 saturated carbocycles. The Bertz CT molecular complexity index is 729. The van der Waals surface area contributed by atoms with Gasteiger partial charge in [0, 0.05) is 10.0 Å². The largest absolute Gasteiger partial charge is 0.286 e. The minimum absolute atomic E-state index is 0.0832. The maximum absolute atomic E-state index is 12.1. The van der Waals surface area contributed by atoms with E-state index >= 15 is 0 Å². The average molecular weight is 365 g/mol. The summed E-state index contributed by atoms with van der Waals surface area (Å²) >= 11 is 13.3. The van der Waals surface area contributed by atoms with Crippen LogP contribution in [0.4, 0.5) is 0 Å². The first kappa shape index (κ1) is 16.4. The van der Waals surface area contributed by atoms with Gasteiger partial charge in [-0.25, -0.2) is 0 Å². The van der Waals surface area contributed by atoms with Gasteiger partial charge in [-0.1, -0.05) is 59.2 Å². The summed E-state index contributed by atoms with van der Waals surface area (Å²) in [6, 6.07) is 15.1. The van der Waals surface area contributed by atoms with Crippen LogP contribution in [0.3, 0.4) is 0 Å². The van der Waals surface area contributed by atoms with Crippen molar-refractivity contribution in [3.8, 4) is 0 Å². The second-order valence-electron chi connectivity index (χ2n) is 5.12. The fraction of sp³-hybridized carbons (Fsp3) is 0.176. The molecule has 0 N–H and O–H groups in total. The fourth-order valence-electron chi connectivity index (χ4n) is 2.20. The lowest BCUT2D eigenvalue weighted by atomic mass is 10.2. The van der Waals surface area contributed by atoms with Crippen molar-refractivity contribution in [2.75, 3.05) is 5.75 Å². The molecule has 3 rings (SSSR count). The van der Waals surface area contributed by atoms with E-state index in [1.807, 2.05) is 48.5 Å². The van der Waals surface area contributed by atoms with Crippen LogP contribution < -0.4 is 0 Å². The van der Waals surface area contributed by atoms with Gasteiger partial charge in [-0.15, -0.1) is 0 Å². The van der Waals surface area contributed by atoms with E-state index in [1.165, 1.54) is 11.8 Å². The number of aliphatic imine (C=N–C) groups is 1. The highest BCUT2D eigenvalue weighted by molar-refractivity contribution is 8.15. The van der Waals surface area contributed by atoms with E-state index in [0.717, 1.165) is 16.3 Å². The zero-order chi connectivity index (χ0) is 16.2. The summed E-state index contributed by atoms with van der Waals surface area (Å²) in [7, 11) is 0. The molecule has 0 aliphatic carbocycles. The lowest BCUT2D eigenvalue weighted by Gasteiger charge is -2.16. The monoisotopic (exact) mass is 364 g/mol. The molecule has 0 unspecified atom stereocenters. The van der Waals surface area contributed by atoms with Gasteiger partial charge in [0.15, 0.2) is 5.17 Å². The highest BCUT2D eigenvalue weighted by Gasteiger charge is 2.27. The smallest absolute Gasteiger partial charge is 0.239 e. The Morgan fingerprint density at radius 1 is 0.957 bits per heavy atom. The third-order valence-corrected chi connectivity index (χ3v) is 4.92. The Balaban J connectivity index is 1.72. The average Bonchev–Trinajstić information content (AvgIpc) is 2.89. The molecule has 3 nitrogen and oxygen atoms in total. The van der Waals surface area contributed by atoms with Gasteiger partial charge in [-0.05, 0) is 35.4 Å². The highest BCUT2D eigenvalue weighted by Crippen LogP contribution is 2.23. The Morgan fingerprint density at radius 2 is 1.52 bits per heavy atom. The number of hydrogen-bond acceptors (Lipinski definition) is 3. The lowest BCUT2D eigenvalue weighted by molar-refractivity contribution is -0.124. The van der Waals surface area contributed by atoms with Crippen LogP contribution in [0.25, 0.3) is 0 Å². The van der Waals surface area contributed by atoms with Crippen LogP contribution in [0.1, 0.15) is 11.1 Å². The second kappa shape index (κ2) is 7.39. The Labute approximate surface area is 149 Å². The summed E-state index contributed by atoms with van der Waals surface area (Å²) < 4.78 is 0. The third-order valence-electron chi connectivity index (χ3n) is 3.42. The molecule has 0 bridgehead atoms. The summed E-state index contributed by atoms with van der Waals surface area (Å²) in [6.07, 6.45) is 0. The number of carbonyl (C=O) groups excluding carboxylic acids is 1. The molecule has 2 aromatic carbocycles. The van der Waals surface area contributed by atoms with Crippen molar-refractivity contribution in [2.24, 2.45) is 4.99 Å². The van der Waals surface area contributed by atoms with Crippen LogP contribution in [0.15, 0.2) is 53.5 Å². The molecule has 1 fully saturated rings. The Kier molecular flexibility index (Phi) is 5.26. The van der Waals surface area contributed by atoms with E-state index in [-0.39, 0.29) is 5.91 Å². The van der Waals surface area contributed by atoms with Crippen LogP contribution in [0.2, 0.25) is 10.0 Å². The molecular formula is C17H14Cl2N2OS. The SMILES string of the molecule is O=C1CSC(=NCc2ccc(Cl)cc2)N1Cc1ccc(Cl)cc1. The van der Waals surface area contributed by atoms with Crippen LogP contribution >= 0.6 is 35.0 Å². The van der Waals surface area contributed by atoms with E-state index in [0.29, 0.717) is 28.9 Å². The van der Waals surface area contributed by atoms with E-state index in [2.05, 4.69) is 4.99 Å². The van der Waals surface area contributed by atoms with E-state index in [9.17, 15) is 4.79 Å². The van der Waals surface area contributed by atoms with E-state index in [1.54, 1.807) is 4.90 Å². The molecule has 1 heterocycles. The van der Waals surface area contributed by atoms with Gasteiger partial charge in [0.2, 0.25) is 5.91 Å². The maximum atomic E-state index is 12.1. The number of rotatable bonds is 4. The topological polar surface area (TPSA) is 32.7 Å². The molecule has 118 valence electrons. The molecule has 0 aromatic heterocycles. The number of carbonyl (C=O) groups is 1. The van der Waals surface area contributed by atoms with E-state index in [4.69, 9.17) is 23.2 Å². The van der Waals surface area contributed by atoms with Crippen LogP contribution in [-0.4, -0.2) is 21.7 Å². The number of hydrogen-bond donors (Lipinski definition) is 0. The quantitative estimate of drug-likeness (QED) is 0.792. The van der Waals surface area contributed by atoms with Crippen LogP contribution in [0, 0.1) is 0 Å². The first-order valence-corrected chi connectivity index (χ1v) is 8.82. The number of amides is 1. The molecule has 23 heavy (non-hydrogen) atoms. The molecule has 0 spiro atoms. The number of amidine groups is 1. The minimum atomic E-state index is 0.0832. The van der Waals surface area contributed by atoms with Crippen molar-refractivity contribution in [2.45, 2.75) is 13.1 Å². The van der Waals surface area contributed by atoms with E-state index < -0.39 is 0 Å². The van der Waals surface area contributed by atoms with Crippen LogP contribution in [-0.2, 0) is 17.9 Å². The zero-order valence-corrected chi connectivity index (χ0v) is 14.5. The maximum Gasteiger partial charge on any atom is 0.239 e. The third kappa shape index (κ3) is 4.28. The predicted octanol–water partition coefficient (Wildman–Crippen LogP) is 4.63. The molecule has 1 saturated heterocycles. The first-order valence-electron chi connectivity index (χ1n) is 7.08. The Hall–Kier alpha value is -1.49. The predicted molar refractivity (Wildman–Crippen MR) is 97.1 cm³/mol. The minimum Gasteiger partial charge on any atom is -0.286 e. The lowest BCUT2D eigenvalue weighted by Crippen LogP contribution is -2.29. The highest BCUT2D eigenvalue weighted by atomic mass is 35.5. The van der Waals surface area contributed by atoms with Gasteiger partial charge >= 0.3 is 0 Å². The van der Waals surface area contributed by atoms with Gasteiger partial charge in [0.25, 0.3) is 0 Å². The Morgan fingerprint density at radius 3 is 2.13 bits per heavy atom. The van der Waals surface area contributed by atoms with Crippen molar-refractivity contribution in [1.29, 1.82) is 0 Å². The molecule has 1 amide bonds. The number of benzene rings is 2. The van der Waals surface area contributed by atoms with Crippen LogP contribution in [0.5, 0.6) is 0 Å². The molecule has 0 radical (unpaired) electrons. The van der Waals surface area contributed by atoms with Gasteiger partial charge in [0.1, 0.15) is 0 Å². The standard InChI is InChI=1S/C17H14Cl2N2OS/c18-14-5-1-12(2-6-14)9-20-17-21(16(22)11-23-17)10-13-3-7-15(19)8-4-13/h1-8H,9-11H2. The number of nitrogens with zero attached hydrogens (tertiary/aromatic N) is 2. The van der Waals surface area contributed by atoms with Crippen molar-refractivity contribution in [3.05, 3.63) is 69.7 Å². The summed E-state index contributed by atoms with van der Waals surface area (Å²) in [5.74, 6) is 0.521. The van der Waals surface area contributed by atoms with Gasteiger partial charge in [-0.3, -0.25) is 14.7 Å². The fourth-order valence-corrected chi connectivity index (χ4v) is 3.34. The first-order chi connectivity index (χ1) is 11.1. The molecular weight excluding hydrogens is 351 g/mol. The van der Waals surface area contributed by atoms with Crippen molar-refractivity contribution >= 4 is 46.0 Å². The normalized spacial score (nSPS) is 16.3. The second-order valence-corrected chi connectivity index (χ2v) is 6.94. The van der Waals surface area contributed by atoms with Gasteiger partial charge in [-0.2, -0.15) is 0 Å². The van der Waals surface area contributed by atoms with Gasteiger partial charge < -0.3 is 0 Å². The van der Waals surface area contributed by atoms with Crippen molar-refractivity contribution < 1.29 is 4.79 Å². The summed E-state index contributed by atoms with van der Waals surface area (Å²) in [5, 5.41) is 2.16. The molecule has 0 atom stereocenters. The van der Waals surface area contributed by atoms with Crippen molar-refractivity contribution in [1.82, 2.24) is 4.90 Å². The molecule has 6 heteroatoms. The van der Waals surface area contributed by atoms with Gasteiger partial charge in [0.05, 0.1) is 18.8 Å². The molecule has 2 aromatic rings. The summed E-state index contributed by atoms with van der Waals surface area (Å²) in [4.78, 5) is 18.4. The number of halogens is 2. The summed E-state index contributed by atoms with van der Waals surface area (Å²) in [6.45, 7) is 1.05. The summed E-state index contributed by atoms with van der Waals surface area (Å²) in [5.41, 5.74) is 2.10. The molecule has 1 aliphatic rings.